The first-order chi connectivity index (χ1) is 17.3. The van der Waals surface area contributed by atoms with E-state index in [9.17, 15) is 18.0 Å². The van der Waals surface area contributed by atoms with Crippen molar-refractivity contribution in [3.8, 4) is 0 Å². The standard InChI is InChI=1S/C26H24N4O4S2/c1-3-16-30-25(32)22-14-7-8-15-23(22)28-26(30)35-18-24(31)27-19-10-9-13-21(17-19)36(33,34)29(2)20-11-5-4-6-12-20/h3-15,17H,1,16,18H2,2H3,(H,27,31). The second kappa shape index (κ2) is 10.8. The summed E-state index contributed by atoms with van der Waals surface area (Å²) in [5, 5.41) is 3.62. The Kier molecular flexibility index (Phi) is 7.56. The van der Waals surface area contributed by atoms with E-state index >= 15 is 0 Å². The van der Waals surface area contributed by atoms with Crippen molar-refractivity contribution in [3.63, 3.8) is 0 Å². The predicted octanol–water partition coefficient (Wildman–Crippen LogP) is 4.14. The van der Waals surface area contributed by atoms with Gasteiger partial charge in [0.25, 0.3) is 15.6 Å². The van der Waals surface area contributed by atoms with E-state index in [1.807, 2.05) is 6.07 Å². The van der Waals surface area contributed by atoms with E-state index < -0.39 is 10.0 Å². The maximum absolute atomic E-state index is 13.1. The van der Waals surface area contributed by atoms with Crippen LogP contribution in [0.3, 0.4) is 0 Å². The molecule has 8 nitrogen and oxygen atoms in total. The van der Waals surface area contributed by atoms with Crippen LogP contribution in [0.15, 0.2) is 106 Å². The van der Waals surface area contributed by atoms with E-state index in [0.717, 1.165) is 11.8 Å². The molecule has 0 aliphatic heterocycles. The number of sulfonamides is 1. The third kappa shape index (κ3) is 5.34. The Balaban J connectivity index is 1.50. The molecule has 3 aromatic carbocycles. The summed E-state index contributed by atoms with van der Waals surface area (Å²) in [4.78, 5) is 30.1. The van der Waals surface area contributed by atoms with Gasteiger partial charge in [-0.2, -0.15) is 0 Å². The zero-order chi connectivity index (χ0) is 25.7. The maximum Gasteiger partial charge on any atom is 0.264 e. The Hall–Kier alpha value is -3.89. The number of carbonyl (C=O) groups is 1. The number of carbonyl (C=O) groups excluding carboxylic acids is 1. The van der Waals surface area contributed by atoms with Gasteiger partial charge in [0.1, 0.15) is 0 Å². The van der Waals surface area contributed by atoms with E-state index in [1.165, 1.54) is 28.1 Å². The van der Waals surface area contributed by atoms with Crippen molar-refractivity contribution in [3.05, 3.63) is 102 Å². The molecule has 184 valence electrons. The number of rotatable bonds is 9. The van der Waals surface area contributed by atoms with Crippen LogP contribution in [0.2, 0.25) is 0 Å². The van der Waals surface area contributed by atoms with Crippen molar-refractivity contribution in [2.45, 2.75) is 16.6 Å². The van der Waals surface area contributed by atoms with Gasteiger partial charge in [0.2, 0.25) is 5.91 Å². The number of para-hydroxylation sites is 2. The molecule has 0 aliphatic rings. The first kappa shape index (κ1) is 25.2. The number of anilines is 2. The highest BCUT2D eigenvalue weighted by atomic mass is 32.2. The number of nitrogens with one attached hydrogen (secondary N) is 1. The molecular formula is C26H24N4O4S2. The third-order valence-electron chi connectivity index (χ3n) is 5.37. The minimum atomic E-state index is -3.82. The molecule has 0 aliphatic carbocycles. The van der Waals surface area contributed by atoms with Gasteiger partial charge in [-0.05, 0) is 42.5 Å². The van der Waals surface area contributed by atoms with Gasteiger partial charge in [-0.1, -0.05) is 54.2 Å². The van der Waals surface area contributed by atoms with Crippen LogP contribution in [0.4, 0.5) is 11.4 Å². The Morgan fingerprint density at radius 2 is 1.81 bits per heavy atom. The number of nitrogens with zero attached hydrogens (tertiary/aromatic N) is 3. The minimum absolute atomic E-state index is 0.0250. The lowest BCUT2D eigenvalue weighted by molar-refractivity contribution is -0.113. The molecule has 0 saturated heterocycles. The Bertz CT molecular complexity index is 1580. The smallest absolute Gasteiger partial charge is 0.264 e. The Labute approximate surface area is 213 Å². The lowest BCUT2D eigenvalue weighted by atomic mass is 10.2. The van der Waals surface area contributed by atoms with Crippen LogP contribution < -0.4 is 15.2 Å². The lowest BCUT2D eigenvalue weighted by Gasteiger charge is -2.20. The minimum Gasteiger partial charge on any atom is -0.325 e. The van der Waals surface area contributed by atoms with Gasteiger partial charge in [-0.15, -0.1) is 6.58 Å². The summed E-state index contributed by atoms with van der Waals surface area (Å²) >= 11 is 1.12. The maximum atomic E-state index is 13.1. The summed E-state index contributed by atoms with van der Waals surface area (Å²) in [6.45, 7) is 3.96. The highest BCUT2D eigenvalue weighted by Gasteiger charge is 2.22. The number of benzene rings is 3. The van der Waals surface area contributed by atoms with E-state index in [2.05, 4.69) is 16.9 Å². The topological polar surface area (TPSA) is 101 Å². The van der Waals surface area contributed by atoms with Gasteiger partial charge < -0.3 is 5.32 Å². The molecule has 0 spiro atoms. The first-order valence-electron chi connectivity index (χ1n) is 11.0. The third-order valence-corrected chi connectivity index (χ3v) is 8.12. The molecule has 0 atom stereocenters. The van der Waals surface area contributed by atoms with E-state index in [0.29, 0.717) is 27.4 Å². The molecule has 4 aromatic rings. The van der Waals surface area contributed by atoms with Gasteiger partial charge in [0.15, 0.2) is 5.16 Å². The van der Waals surface area contributed by atoms with Crippen LogP contribution in [0.5, 0.6) is 0 Å². The molecule has 1 N–H and O–H groups in total. The van der Waals surface area contributed by atoms with E-state index in [4.69, 9.17) is 0 Å². The molecule has 36 heavy (non-hydrogen) atoms. The second-order valence-electron chi connectivity index (χ2n) is 7.79. The molecule has 0 bridgehead atoms. The number of allylic oxidation sites excluding steroid dienone is 1. The van der Waals surface area contributed by atoms with Crippen molar-refractivity contribution in [2.75, 3.05) is 22.4 Å². The van der Waals surface area contributed by atoms with Crippen LogP contribution >= 0.6 is 11.8 Å². The molecule has 0 fully saturated rings. The molecule has 1 amide bonds. The average Bonchev–Trinajstić information content (AvgIpc) is 2.89. The molecule has 10 heteroatoms. The molecule has 0 radical (unpaired) electrons. The number of hydrogen-bond acceptors (Lipinski definition) is 6. The van der Waals surface area contributed by atoms with Crippen molar-refractivity contribution in [1.82, 2.24) is 9.55 Å². The second-order valence-corrected chi connectivity index (χ2v) is 10.7. The largest absolute Gasteiger partial charge is 0.325 e. The van der Waals surface area contributed by atoms with Crippen LogP contribution in [0, 0.1) is 0 Å². The van der Waals surface area contributed by atoms with Gasteiger partial charge in [0.05, 0.1) is 27.2 Å². The van der Waals surface area contributed by atoms with Crippen LogP contribution in [-0.4, -0.2) is 36.7 Å². The quantitative estimate of drug-likeness (QED) is 0.202. The summed E-state index contributed by atoms with van der Waals surface area (Å²) in [5.74, 6) is -0.387. The number of hydrogen-bond donors (Lipinski definition) is 1. The summed E-state index contributed by atoms with van der Waals surface area (Å²) in [7, 11) is -2.35. The fourth-order valence-electron chi connectivity index (χ4n) is 3.54. The SMILES string of the molecule is C=CCn1c(SCC(=O)Nc2cccc(S(=O)(=O)N(C)c3ccccc3)c2)nc2ccccc2c1=O. The summed E-state index contributed by atoms with van der Waals surface area (Å²) < 4.78 is 28.8. The van der Waals surface area contributed by atoms with Gasteiger partial charge in [0, 0.05) is 19.3 Å². The number of aromatic nitrogens is 2. The fourth-order valence-corrected chi connectivity index (χ4v) is 5.59. The zero-order valence-electron chi connectivity index (χ0n) is 19.5. The number of amides is 1. The summed E-state index contributed by atoms with van der Waals surface area (Å²) in [6, 6.07) is 21.8. The normalized spacial score (nSPS) is 11.2. The van der Waals surface area contributed by atoms with Crippen molar-refractivity contribution in [1.29, 1.82) is 0 Å². The molecule has 1 heterocycles. The van der Waals surface area contributed by atoms with Gasteiger partial charge in [-0.3, -0.25) is 18.5 Å². The van der Waals surface area contributed by atoms with Crippen LogP contribution in [0.25, 0.3) is 10.9 Å². The Morgan fingerprint density at radius 1 is 1.08 bits per heavy atom. The summed E-state index contributed by atoms with van der Waals surface area (Å²) in [6.07, 6.45) is 1.60. The van der Waals surface area contributed by atoms with E-state index in [-0.39, 0.29) is 28.7 Å². The highest BCUT2D eigenvalue weighted by Crippen LogP contribution is 2.24. The molecular weight excluding hydrogens is 496 g/mol. The predicted molar refractivity (Wildman–Crippen MR) is 144 cm³/mol. The average molecular weight is 521 g/mol. The highest BCUT2D eigenvalue weighted by molar-refractivity contribution is 7.99. The van der Waals surface area contributed by atoms with Crippen molar-refractivity contribution in [2.24, 2.45) is 0 Å². The van der Waals surface area contributed by atoms with Gasteiger partial charge >= 0.3 is 0 Å². The molecule has 0 saturated carbocycles. The van der Waals surface area contributed by atoms with Gasteiger partial charge in [-0.25, -0.2) is 13.4 Å². The molecule has 1 aromatic heterocycles. The monoisotopic (exact) mass is 520 g/mol. The van der Waals surface area contributed by atoms with Crippen molar-refractivity contribution < 1.29 is 13.2 Å². The van der Waals surface area contributed by atoms with Crippen molar-refractivity contribution >= 4 is 50.0 Å². The Morgan fingerprint density at radius 3 is 2.56 bits per heavy atom. The first-order valence-corrected chi connectivity index (χ1v) is 13.4. The molecule has 0 unspecified atom stereocenters. The molecule has 4 rings (SSSR count). The van der Waals surface area contributed by atoms with Crippen LogP contribution in [0.1, 0.15) is 0 Å². The zero-order valence-corrected chi connectivity index (χ0v) is 21.1. The number of fused-ring (bicyclic) bond motifs is 1. The fraction of sp³-hybridized carbons (Fsp3) is 0.115. The number of thioether (sulfide) groups is 1. The lowest BCUT2D eigenvalue weighted by Crippen LogP contribution is -2.26. The summed E-state index contributed by atoms with van der Waals surface area (Å²) in [5.41, 5.74) is 1.21. The van der Waals surface area contributed by atoms with Crippen LogP contribution in [-0.2, 0) is 21.4 Å². The van der Waals surface area contributed by atoms with E-state index in [1.54, 1.807) is 66.7 Å².